The molecule has 10 nitrogen and oxygen atoms in total. The fourth-order valence-corrected chi connectivity index (χ4v) is 1.94. The van der Waals surface area contributed by atoms with Crippen LogP contribution in [0.4, 0.5) is 5.69 Å². The highest BCUT2D eigenvalue weighted by Crippen LogP contribution is 2.16. The first kappa shape index (κ1) is 17.9. The molecular weight excluding hydrogens is 332 g/mol. The molecule has 2 amide bonds. The fraction of sp³-hybridized carbons (Fsp3) is 0.200. The molecular formula is C15H16N4O6. The molecule has 0 saturated carbocycles. The Morgan fingerprint density at radius 2 is 2.08 bits per heavy atom. The van der Waals surface area contributed by atoms with Gasteiger partial charge >= 0.3 is 5.69 Å². The first-order valence-electron chi connectivity index (χ1n) is 7.13. The van der Waals surface area contributed by atoms with Gasteiger partial charge in [-0.1, -0.05) is 6.07 Å². The van der Waals surface area contributed by atoms with Crippen LogP contribution in [0.15, 0.2) is 40.1 Å². The molecule has 0 aliphatic carbocycles. The maximum atomic E-state index is 12.2. The van der Waals surface area contributed by atoms with E-state index in [0.29, 0.717) is 11.4 Å². The summed E-state index contributed by atoms with van der Waals surface area (Å²) in [5.41, 5.74) is -1.67. The number of hydrogen-bond acceptors (Lipinski definition) is 6. The van der Waals surface area contributed by atoms with Gasteiger partial charge in [0, 0.05) is 18.0 Å². The zero-order chi connectivity index (χ0) is 18.4. The third-order valence-electron chi connectivity index (χ3n) is 3.21. The van der Waals surface area contributed by atoms with Crippen molar-refractivity contribution in [2.45, 2.75) is 6.04 Å². The minimum atomic E-state index is -1.30. The summed E-state index contributed by atoms with van der Waals surface area (Å²) in [7, 11) is 1.47. The Kier molecular flexibility index (Phi) is 5.69. The highest BCUT2D eigenvalue weighted by atomic mass is 16.5. The summed E-state index contributed by atoms with van der Waals surface area (Å²) < 4.78 is 5.03. The summed E-state index contributed by atoms with van der Waals surface area (Å²) in [5.74, 6) is -1.09. The van der Waals surface area contributed by atoms with Crippen LogP contribution in [-0.2, 0) is 4.79 Å². The van der Waals surface area contributed by atoms with Crippen LogP contribution in [0, 0.1) is 0 Å². The SMILES string of the molecule is COc1cccc(NC(=O)[C@H](CO)NC(=O)c2c[nH]c(=O)[nH]c2=O)c1. The molecule has 1 atom stereocenters. The minimum absolute atomic E-state index is 0.396. The van der Waals surface area contributed by atoms with Gasteiger partial charge in [0.15, 0.2) is 0 Å². The normalized spacial score (nSPS) is 11.4. The van der Waals surface area contributed by atoms with Gasteiger partial charge in [0.25, 0.3) is 11.5 Å². The van der Waals surface area contributed by atoms with Crippen molar-refractivity contribution < 1.29 is 19.4 Å². The standard InChI is InChI=1S/C15H16N4O6/c1-25-9-4-2-3-8(5-9)17-14(23)11(7-20)18-12(21)10-6-16-15(24)19-13(10)22/h2-6,11,20H,7H2,1H3,(H,17,23)(H,18,21)(H2,16,19,22,24)/t11-/m0/s1. The number of rotatable bonds is 6. The van der Waals surface area contributed by atoms with Crippen molar-refractivity contribution in [1.29, 1.82) is 0 Å². The molecule has 132 valence electrons. The van der Waals surface area contributed by atoms with E-state index in [1.807, 2.05) is 4.98 Å². The number of nitrogens with one attached hydrogen (secondary N) is 4. The van der Waals surface area contributed by atoms with E-state index < -0.39 is 41.3 Å². The molecule has 0 fully saturated rings. The van der Waals surface area contributed by atoms with Crippen molar-refractivity contribution in [1.82, 2.24) is 15.3 Å². The molecule has 0 saturated heterocycles. The molecule has 0 bridgehead atoms. The Hall–Kier alpha value is -3.40. The highest BCUT2D eigenvalue weighted by Gasteiger charge is 2.22. The Morgan fingerprint density at radius 3 is 2.72 bits per heavy atom. The second-order valence-electron chi connectivity index (χ2n) is 4.92. The zero-order valence-electron chi connectivity index (χ0n) is 13.2. The molecule has 0 unspecified atom stereocenters. The second-order valence-corrected chi connectivity index (χ2v) is 4.92. The molecule has 1 aromatic carbocycles. The molecule has 5 N–H and O–H groups in total. The van der Waals surface area contributed by atoms with Crippen LogP contribution in [-0.4, -0.2) is 46.6 Å². The topological polar surface area (TPSA) is 153 Å². The maximum Gasteiger partial charge on any atom is 0.325 e. The predicted octanol–water partition coefficient (Wildman–Crippen LogP) is -1.20. The minimum Gasteiger partial charge on any atom is -0.497 e. The lowest BCUT2D eigenvalue weighted by atomic mass is 10.2. The molecule has 1 heterocycles. The predicted molar refractivity (Wildman–Crippen MR) is 87.6 cm³/mol. The molecule has 1 aromatic heterocycles. The van der Waals surface area contributed by atoms with Crippen molar-refractivity contribution >= 4 is 17.5 Å². The number of hydrogen-bond donors (Lipinski definition) is 5. The van der Waals surface area contributed by atoms with Crippen LogP contribution in [0.5, 0.6) is 5.75 Å². The second kappa shape index (κ2) is 7.93. The van der Waals surface area contributed by atoms with Gasteiger partial charge in [0.2, 0.25) is 5.91 Å². The number of ether oxygens (including phenoxy) is 1. The van der Waals surface area contributed by atoms with E-state index in [0.717, 1.165) is 6.20 Å². The van der Waals surface area contributed by atoms with Gasteiger partial charge in [-0.15, -0.1) is 0 Å². The summed E-state index contributed by atoms with van der Waals surface area (Å²) in [6.07, 6.45) is 0.922. The largest absolute Gasteiger partial charge is 0.497 e. The summed E-state index contributed by atoms with van der Waals surface area (Å²) in [5, 5.41) is 14.1. The number of carbonyl (C=O) groups is 2. The van der Waals surface area contributed by atoms with Crippen molar-refractivity contribution in [3.63, 3.8) is 0 Å². The Labute approximate surface area is 140 Å². The number of aromatic amines is 2. The smallest absolute Gasteiger partial charge is 0.325 e. The van der Waals surface area contributed by atoms with E-state index in [-0.39, 0.29) is 0 Å². The van der Waals surface area contributed by atoms with Gasteiger partial charge in [0.05, 0.1) is 13.7 Å². The van der Waals surface area contributed by atoms with Gasteiger partial charge in [-0.25, -0.2) is 4.79 Å². The van der Waals surface area contributed by atoms with Crippen LogP contribution in [0.3, 0.4) is 0 Å². The van der Waals surface area contributed by atoms with E-state index in [1.165, 1.54) is 7.11 Å². The Morgan fingerprint density at radius 1 is 1.32 bits per heavy atom. The molecule has 2 rings (SSSR count). The summed E-state index contributed by atoms with van der Waals surface area (Å²) in [4.78, 5) is 50.8. The average Bonchev–Trinajstić information content (AvgIpc) is 2.59. The number of anilines is 1. The van der Waals surface area contributed by atoms with Crippen LogP contribution in [0.2, 0.25) is 0 Å². The maximum absolute atomic E-state index is 12.2. The quantitative estimate of drug-likeness (QED) is 0.442. The first-order valence-corrected chi connectivity index (χ1v) is 7.13. The Balaban J connectivity index is 2.10. The lowest BCUT2D eigenvalue weighted by Gasteiger charge is -2.16. The Bertz CT molecular complexity index is 888. The van der Waals surface area contributed by atoms with Gasteiger partial charge in [-0.2, -0.15) is 0 Å². The number of aliphatic hydroxyl groups excluding tert-OH is 1. The number of amides is 2. The summed E-state index contributed by atoms with van der Waals surface area (Å²) in [6, 6.07) is 5.19. The highest BCUT2D eigenvalue weighted by molar-refractivity contribution is 6.01. The van der Waals surface area contributed by atoms with Gasteiger partial charge in [-0.3, -0.25) is 19.4 Å². The van der Waals surface area contributed by atoms with Crippen molar-refractivity contribution in [2.24, 2.45) is 0 Å². The number of aliphatic hydroxyl groups is 1. The van der Waals surface area contributed by atoms with Crippen LogP contribution >= 0.6 is 0 Å². The lowest BCUT2D eigenvalue weighted by Crippen LogP contribution is -2.47. The molecule has 0 spiro atoms. The summed E-state index contributed by atoms with van der Waals surface area (Å²) in [6.45, 7) is -0.692. The number of benzene rings is 1. The fourth-order valence-electron chi connectivity index (χ4n) is 1.94. The van der Waals surface area contributed by atoms with Crippen molar-refractivity contribution in [2.75, 3.05) is 19.0 Å². The molecule has 2 aromatic rings. The van der Waals surface area contributed by atoms with E-state index in [1.54, 1.807) is 24.3 Å². The number of aromatic nitrogens is 2. The van der Waals surface area contributed by atoms with Crippen molar-refractivity contribution in [3.05, 3.63) is 56.9 Å². The molecule has 0 aliphatic heterocycles. The van der Waals surface area contributed by atoms with Crippen LogP contribution in [0.1, 0.15) is 10.4 Å². The molecule has 25 heavy (non-hydrogen) atoms. The third kappa shape index (κ3) is 4.54. The number of carbonyl (C=O) groups excluding carboxylic acids is 2. The summed E-state index contributed by atoms with van der Waals surface area (Å²) >= 11 is 0. The first-order chi connectivity index (χ1) is 11.9. The van der Waals surface area contributed by atoms with Crippen LogP contribution in [0.25, 0.3) is 0 Å². The monoisotopic (exact) mass is 348 g/mol. The van der Waals surface area contributed by atoms with Gasteiger partial charge in [-0.05, 0) is 12.1 Å². The lowest BCUT2D eigenvalue weighted by molar-refractivity contribution is -0.118. The molecule has 0 aliphatic rings. The van der Waals surface area contributed by atoms with E-state index in [9.17, 15) is 24.3 Å². The number of methoxy groups -OCH3 is 1. The molecule has 0 radical (unpaired) electrons. The van der Waals surface area contributed by atoms with Gasteiger partial charge < -0.3 is 25.5 Å². The van der Waals surface area contributed by atoms with E-state index in [4.69, 9.17) is 4.74 Å². The zero-order valence-corrected chi connectivity index (χ0v) is 13.2. The third-order valence-corrected chi connectivity index (χ3v) is 3.21. The molecule has 10 heteroatoms. The van der Waals surface area contributed by atoms with Crippen molar-refractivity contribution in [3.8, 4) is 5.75 Å². The van der Waals surface area contributed by atoms with Gasteiger partial charge in [0.1, 0.15) is 17.4 Å². The van der Waals surface area contributed by atoms with E-state index in [2.05, 4.69) is 15.6 Å². The van der Waals surface area contributed by atoms with E-state index >= 15 is 0 Å². The average molecular weight is 348 g/mol. The van der Waals surface area contributed by atoms with Crippen LogP contribution < -0.4 is 26.6 Å². The number of H-pyrrole nitrogens is 2.